The molecule has 0 aliphatic carbocycles. The minimum atomic E-state index is 0.771. The summed E-state index contributed by atoms with van der Waals surface area (Å²) in [4.78, 5) is 5.84. The van der Waals surface area contributed by atoms with Crippen LogP contribution in [0, 0.1) is 11.8 Å². The van der Waals surface area contributed by atoms with E-state index in [-0.39, 0.29) is 0 Å². The van der Waals surface area contributed by atoms with Crippen LogP contribution in [-0.2, 0) is 0 Å². The van der Waals surface area contributed by atoms with E-state index in [0.717, 1.165) is 23.9 Å². The molecule has 0 spiro atoms. The Balaban J connectivity index is 2.63. The van der Waals surface area contributed by atoms with E-state index < -0.39 is 0 Å². The number of nitrogens with zero attached hydrogens (tertiary/aromatic N) is 2. The molecule has 1 aliphatic heterocycles. The SMILES string of the molecule is CCCCCCCC(CCCCCC)CN1[C@H](CC)CN(CCC(C)CCCCC)C[C@@H]1CC. The Morgan fingerprint density at radius 2 is 1.06 bits per heavy atom. The molecule has 2 heteroatoms. The minimum absolute atomic E-state index is 0.771. The quantitative estimate of drug-likeness (QED) is 0.143. The van der Waals surface area contributed by atoms with Crippen LogP contribution in [0.5, 0.6) is 0 Å². The Morgan fingerprint density at radius 1 is 0.588 bits per heavy atom. The Labute approximate surface area is 217 Å². The fourth-order valence-corrected chi connectivity index (χ4v) is 6.20. The molecule has 2 unspecified atom stereocenters. The van der Waals surface area contributed by atoms with Crippen molar-refractivity contribution in [2.45, 2.75) is 169 Å². The Bertz CT molecular complexity index is 423. The number of hydrogen-bond acceptors (Lipinski definition) is 2. The van der Waals surface area contributed by atoms with Gasteiger partial charge in [0, 0.05) is 31.7 Å². The molecular weight excluding hydrogens is 412 g/mol. The van der Waals surface area contributed by atoms with E-state index in [2.05, 4.69) is 51.3 Å². The first-order chi connectivity index (χ1) is 16.6. The standard InChI is InChI=1S/C32H66N2/c1-7-12-15-17-20-23-30(22-19-16-13-8-2)26-34-31(10-4)27-33(28-32(34)11-5)25-24-29(6)21-18-14-9-3/h29-32H,7-28H2,1-6H3/t29?,30?,31-,32+. The molecule has 4 atom stereocenters. The van der Waals surface area contributed by atoms with E-state index in [1.807, 2.05) is 0 Å². The second-order valence-corrected chi connectivity index (χ2v) is 11.9. The first kappa shape index (κ1) is 31.9. The number of unbranched alkanes of at least 4 members (excludes halogenated alkanes) is 9. The average Bonchev–Trinajstić information content (AvgIpc) is 2.85. The van der Waals surface area contributed by atoms with Gasteiger partial charge in [-0.15, -0.1) is 0 Å². The smallest absolute Gasteiger partial charge is 0.0224 e. The predicted molar refractivity (Wildman–Crippen MR) is 155 cm³/mol. The van der Waals surface area contributed by atoms with Crippen LogP contribution in [0.4, 0.5) is 0 Å². The summed E-state index contributed by atoms with van der Waals surface area (Å²) >= 11 is 0. The molecule has 0 radical (unpaired) electrons. The maximum atomic E-state index is 3.00. The molecule has 0 aromatic carbocycles. The lowest BCUT2D eigenvalue weighted by Gasteiger charge is -2.48. The van der Waals surface area contributed by atoms with Crippen LogP contribution in [0.2, 0.25) is 0 Å². The van der Waals surface area contributed by atoms with Crippen LogP contribution in [-0.4, -0.2) is 48.1 Å². The van der Waals surface area contributed by atoms with Gasteiger partial charge in [0.05, 0.1) is 0 Å². The molecule has 0 saturated carbocycles. The number of rotatable bonds is 22. The van der Waals surface area contributed by atoms with Gasteiger partial charge in [-0.05, 0) is 50.5 Å². The van der Waals surface area contributed by atoms with Gasteiger partial charge in [0.15, 0.2) is 0 Å². The molecule has 34 heavy (non-hydrogen) atoms. The maximum Gasteiger partial charge on any atom is 0.0224 e. The van der Waals surface area contributed by atoms with Gasteiger partial charge in [-0.3, -0.25) is 4.90 Å². The monoisotopic (exact) mass is 479 g/mol. The van der Waals surface area contributed by atoms with E-state index >= 15 is 0 Å². The fraction of sp³-hybridized carbons (Fsp3) is 1.00. The summed E-state index contributed by atoms with van der Waals surface area (Å²) in [6.45, 7) is 19.7. The van der Waals surface area contributed by atoms with E-state index in [4.69, 9.17) is 0 Å². The van der Waals surface area contributed by atoms with Crippen molar-refractivity contribution < 1.29 is 0 Å². The molecule has 0 aromatic heterocycles. The maximum absolute atomic E-state index is 3.00. The van der Waals surface area contributed by atoms with Crippen molar-refractivity contribution in [3.63, 3.8) is 0 Å². The van der Waals surface area contributed by atoms with Crippen molar-refractivity contribution in [2.24, 2.45) is 11.8 Å². The van der Waals surface area contributed by atoms with Gasteiger partial charge < -0.3 is 4.90 Å². The Morgan fingerprint density at radius 3 is 1.59 bits per heavy atom. The summed E-state index contributed by atoms with van der Waals surface area (Å²) in [6.07, 6.45) is 25.4. The topological polar surface area (TPSA) is 6.48 Å². The molecule has 0 N–H and O–H groups in total. The van der Waals surface area contributed by atoms with E-state index in [0.29, 0.717) is 0 Å². The number of hydrogen-bond donors (Lipinski definition) is 0. The van der Waals surface area contributed by atoms with Crippen molar-refractivity contribution in [3.05, 3.63) is 0 Å². The highest BCUT2D eigenvalue weighted by atomic mass is 15.3. The summed E-state index contributed by atoms with van der Waals surface area (Å²) in [5.74, 6) is 1.82. The summed E-state index contributed by atoms with van der Waals surface area (Å²) in [7, 11) is 0. The third kappa shape index (κ3) is 13.9. The van der Waals surface area contributed by atoms with Crippen molar-refractivity contribution in [1.82, 2.24) is 9.80 Å². The summed E-state index contributed by atoms with van der Waals surface area (Å²) < 4.78 is 0. The van der Waals surface area contributed by atoms with Gasteiger partial charge in [0.25, 0.3) is 0 Å². The molecule has 1 aliphatic rings. The lowest BCUT2D eigenvalue weighted by Crippen LogP contribution is -2.59. The lowest BCUT2D eigenvalue weighted by molar-refractivity contribution is 0.00475. The van der Waals surface area contributed by atoms with Gasteiger partial charge in [-0.1, -0.05) is 125 Å². The Kier molecular flexibility index (Phi) is 19.8. The predicted octanol–water partition coefficient (Wildman–Crippen LogP) is 9.71. The van der Waals surface area contributed by atoms with E-state index in [9.17, 15) is 0 Å². The van der Waals surface area contributed by atoms with Gasteiger partial charge in [-0.2, -0.15) is 0 Å². The van der Waals surface area contributed by atoms with Crippen LogP contribution < -0.4 is 0 Å². The zero-order valence-electron chi connectivity index (χ0n) is 24.8. The first-order valence-electron chi connectivity index (χ1n) is 16.1. The highest BCUT2D eigenvalue weighted by molar-refractivity contribution is 4.89. The molecule has 0 aromatic rings. The van der Waals surface area contributed by atoms with Crippen LogP contribution in [0.1, 0.15) is 157 Å². The summed E-state index contributed by atoms with van der Waals surface area (Å²) in [5, 5.41) is 0. The molecular formula is C32H66N2. The second kappa shape index (κ2) is 21.0. The van der Waals surface area contributed by atoms with E-state index in [1.165, 1.54) is 142 Å². The molecule has 204 valence electrons. The van der Waals surface area contributed by atoms with Gasteiger partial charge in [-0.25, -0.2) is 0 Å². The van der Waals surface area contributed by atoms with Crippen molar-refractivity contribution >= 4 is 0 Å². The van der Waals surface area contributed by atoms with Crippen LogP contribution in [0.3, 0.4) is 0 Å². The molecule has 0 bridgehead atoms. The van der Waals surface area contributed by atoms with Crippen molar-refractivity contribution in [3.8, 4) is 0 Å². The summed E-state index contributed by atoms with van der Waals surface area (Å²) in [6, 6.07) is 1.54. The summed E-state index contributed by atoms with van der Waals surface area (Å²) in [5.41, 5.74) is 0. The lowest BCUT2D eigenvalue weighted by atomic mass is 9.91. The third-order valence-electron chi connectivity index (χ3n) is 8.71. The highest BCUT2D eigenvalue weighted by Crippen LogP contribution is 2.27. The van der Waals surface area contributed by atoms with Gasteiger partial charge in [0.2, 0.25) is 0 Å². The van der Waals surface area contributed by atoms with Crippen molar-refractivity contribution in [1.29, 1.82) is 0 Å². The molecule has 1 saturated heterocycles. The molecule has 1 fully saturated rings. The van der Waals surface area contributed by atoms with Crippen LogP contribution in [0.25, 0.3) is 0 Å². The van der Waals surface area contributed by atoms with Gasteiger partial charge >= 0.3 is 0 Å². The zero-order chi connectivity index (χ0) is 25.0. The van der Waals surface area contributed by atoms with Gasteiger partial charge in [0.1, 0.15) is 0 Å². The second-order valence-electron chi connectivity index (χ2n) is 11.9. The zero-order valence-corrected chi connectivity index (χ0v) is 24.8. The molecule has 0 amide bonds. The number of piperazine rings is 1. The van der Waals surface area contributed by atoms with Crippen LogP contribution in [0.15, 0.2) is 0 Å². The van der Waals surface area contributed by atoms with Crippen LogP contribution >= 0.6 is 0 Å². The first-order valence-corrected chi connectivity index (χ1v) is 16.1. The normalized spacial score (nSPS) is 21.7. The molecule has 1 rings (SSSR count). The van der Waals surface area contributed by atoms with E-state index in [1.54, 1.807) is 0 Å². The molecule has 2 nitrogen and oxygen atoms in total. The largest absolute Gasteiger partial charge is 0.300 e. The average molecular weight is 479 g/mol. The molecule has 1 heterocycles. The fourth-order valence-electron chi connectivity index (χ4n) is 6.20. The minimum Gasteiger partial charge on any atom is -0.300 e. The third-order valence-corrected chi connectivity index (χ3v) is 8.71. The highest BCUT2D eigenvalue weighted by Gasteiger charge is 2.33. The van der Waals surface area contributed by atoms with Crippen molar-refractivity contribution in [2.75, 3.05) is 26.2 Å². The Hall–Kier alpha value is -0.0800.